The van der Waals surface area contributed by atoms with E-state index < -0.39 is 5.91 Å². The predicted molar refractivity (Wildman–Crippen MR) is 156 cm³/mol. The number of rotatable bonds is 11. The van der Waals surface area contributed by atoms with Crippen molar-refractivity contribution in [1.29, 1.82) is 0 Å². The third-order valence-corrected chi connectivity index (χ3v) is 9.02. The van der Waals surface area contributed by atoms with Gasteiger partial charge in [-0.3, -0.25) is 4.79 Å². The highest BCUT2D eigenvalue weighted by atomic mass is 35.5. The highest BCUT2D eigenvalue weighted by Gasteiger charge is 2.41. The maximum absolute atomic E-state index is 12.0. The molecule has 2 N–H and O–H groups in total. The predicted octanol–water partition coefficient (Wildman–Crippen LogP) is 6.44. The monoisotopic (exact) mass is 544 g/mol. The van der Waals surface area contributed by atoms with Crippen LogP contribution in [0.15, 0.2) is 36.4 Å². The number of benzene rings is 2. The van der Waals surface area contributed by atoms with Crippen molar-refractivity contribution in [3.8, 4) is 5.75 Å². The van der Waals surface area contributed by atoms with Crippen LogP contribution in [0.5, 0.6) is 5.75 Å². The number of amides is 1. The molecule has 1 spiro atoms. The van der Waals surface area contributed by atoms with E-state index in [1.54, 1.807) is 13.2 Å². The molecular formula is C30H41ClN2O3S. The molecule has 1 aliphatic carbocycles. The first-order valence-corrected chi connectivity index (χ1v) is 14.6. The maximum Gasteiger partial charge on any atom is 0.248 e. The van der Waals surface area contributed by atoms with E-state index in [-0.39, 0.29) is 11.5 Å². The first-order valence-electron chi connectivity index (χ1n) is 13.6. The lowest BCUT2D eigenvalue weighted by Crippen LogP contribution is -2.46. The SMILES string of the molecule is COC(CCCCCCN1C[C@@]2(CCCc3cc(Cl)ccc32)COc2ccc(C(N)=O)cc21)[C@H](C)CS. The average molecular weight is 545 g/mol. The number of thiol groups is 1. The first-order chi connectivity index (χ1) is 17.9. The van der Waals surface area contributed by atoms with Gasteiger partial charge in [-0.15, -0.1) is 0 Å². The van der Waals surface area contributed by atoms with Gasteiger partial charge in [0.2, 0.25) is 5.91 Å². The molecule has 2 aromatic carbocycles. The zero-order valence-electron chi connectivity index (χ0n) is 22.2. The van der Waals surface area contributed by atoms with Gasteiger partial charge in [0.25, 0.3) is 0 Å². The summed E-state index contributed by atoms with van der Waals surface area (Å²) < 4.78 is 12.1. The van der Waals surface area contributed by atoms with Crippen molar-refractivity contribution >= 4 is 35.8 Å². The summed E-state index contributed by atoms with van der Waals surface area (Å²) in [6.07, 6.45) is 9.11. The van der Waals surface area contributed by atoms with Crippen LogP contribution in [-0.2, 0) is 16.6 Å². The lowest BCUT2D eigenvalue weighted by molar-refractivity contribution is 0.0577. The molecule has 0 fully saturated rings. The number of carbonyl (C=O) groups is 1. The number of anilines is 1. The first kappa shape index (κ1) is 28.1. The largest absolute Gasteiger partial charge is 0.490 e. The van der Waals surface area contributed by atoms with Crippen molar-refractivity contribution in [2.45, 2.75) is 69.8 Å². The van der Waals surface area contributed by atoms with Gasteiger partial charge in [-0.2, -0.15) is 12.6 Å². The Balaban J connectivity index is 1.50. The zero-order valence-corrected chi connectivity index (χ0v) is 23.8. The van der Waals surface area contributed by atoms with E-state index in [1.165, 1.54) is 17.5 Å². The number of nitrogens with two attached hydrogens (primary N) is 1. The molecule has 0 radical (unpaired) electrons. The smallest absolute Gasteiger partial charge is 0.248 e. The van der Waals surface area contributed by atoms with Crippen molar-refractivity contribution in [1.82, 2.24) is 0 Å². The van der Waals surface area contributed by atoms with Crippen LogP contribution in [0.2, 0.25) is 5.02 Å². The van der Waals surface area contributed by atoms with E-state index in [2.05, 4.69) is 36.6 Å². The second-order valence-electron chi connectivity index (χ2n) is 10.8. The van der Waals surface area contributed by atoms with Crippen molar-refractivity contribution in [2.24, 2.45) is 11.7 Å². The van der Waals surface area contributed by atoms with Crippen LogP contribution in [0.3, 0.4) is 0 Å². The molecule has 4 rings (SSSR count). The Morgan fingerprint density at radius 1 is 1.22 bits per heavy atom. The number of unbranched alkanes of at least 4 members (excludes halogenated alkanes) is 3. The molecule has 2 aliphatic rings. The number of hydrogen-bond acceptors (Lipinski definition) is 5. The molecule has 7 heteroatoms. The summed E-state index contributed by atoms with van der Waals surface area (Å²) in [5.74, 6) is 1.72. The van der Waals surface area contributed by atoms with Gasteiger partial charge in [-0.05, 0) is 85.2 Å². The van der Waals surface area contributed by atoms with Crippen LogP contribution < -0.4 is 15.4 Å². The summed E-state index contributed by atoms with van der Waals surface area (Å²) in [7, 11) is 1.80. The van der Waals surface area contributed by atoms with Crippen LogP contribution in [0.1, 0.15) is 73.4 Å². The van der Waals surface area contributed by atoms with Crippen LogP contribution >= 0.6 is 24.2 Å². The molecule has 202 valence electrons. The van der Waals surface area contributed by atoms with Gasteiger partial charge in [0.05, 0.1) is 18.4 Å². The van der Waals surface area contributed by atoms with Crippen molar-refractivity contribution in [2.75, 3.05) is 37.5 Å². The van der Waals surface area contributed by atoms with E-state index >= 15 is 0 Å². The van der Waals surface area contributed by atoms with Crippen molar-refractivity contribution in [3.63, 3.8) is 0 Å². The van der Waals surface area contributed by atoms with Gasteiger partial charge in [0, 0.05) is 36.2 Å². The minimum absolute atomic E-state index is 0.112. The van der Waals surface area contributed by atoms with Crippen LogP contribution in [0, 0.1) is 5.92 Å². The number of fused-ring (bicyclic) bond motifs is 3. The lowest BCUT2D eigenvalue weighted by Gasteiger charge is -2.41. The standard InChI is InChI=1S/C30H41ClN2O3S/c1-21(18-37)27(35-2)9-5-3-4-6-15-33-19-30(14-7-8-22-16-24(31)11-12-25(22)30)20-36-28-13-10-23(29(32)34)17-26(28)33/h10-13,16-17,21,27,37H,3-9,14-15,18-20H2,1-2H3,(H2,32,34)/t21-,27?,30+/m1/s1. The fourth-order valence-electron chi connectivity index (χ4n) is 6.06. The number of nitrogens with zero attached hydrogens (tertiary/aromatic N) is 1. The Bertz CT molecular complexity index is 1080. The van der Waals surface area contributed by atoms with E-state index in [0.29, 0.717) is 18.1 Å². The molecule has 1 unspecified atom stereocenters. The molecule has 0 bridgehead atoms. The summed E-state index contributed by atoms with van der Waals surface area (Å²) in [6, 6.07) is 11.9. The summed E-state index contributed by atoms with van der Waals surface area (Å²) >= 11 is 10.8. The molecule has 37 heavy (non-hydrogen) atoms. The molecule has 2 aromatic rings. The second kappa shape index (κ2) is 12.8. The Labute approximate surface area is 232 Å². The Kier molecular flexibility index (Phi) is 9.71. The van der Waals surface area contributed by atoms with Gasteiger partial charge < -0.3 is 20.1 Å². The van der Waals surface area contributed by atoms with E-state index in [4.69, 9.17) is 26.8 Å². The number of ether oxygens (including phenoxy) is 2. The number of aryl methyl sites for hydroxylation is 1. The normalized spacial score (nSPS) is 20.5. The fourth-order valence-corrected chi connectivity index (χ4v) is 6.49. The van der Waals surface area contributed by atoms with Gasteiger partial charge in [-0.25, -0.2) is 0 Å². The Hall–Kier alpha value is -1.89. The molecule has 0 aromatic heterocycles. The molecular weight excluding hydrogens is 504 g/mol. The third kappa shape index (κ3) is 6.58. The van der Waals surface area contributed by atoms with Gasteiger partial charge in [-0.1, -0.05) is 43.9 Å². The van der Waals surface area contributed by atoms with Gasteiger partial charge >= 0.3 is 0 Å². The number of methoxy groups -OCH3 is 1. The topological polar surface area (TPSA) is 64.8 Å². The molecule has 1 amide bonds. The molecule has 1 aliphatic heterocycles. The Morgan fingerprint density at radius 2 is 2.03 bits per heavy atom. The van der Waals surface area contributed by atoms with Crippen LogP contribution in [0.4, 0.5) is 5.69 Å². The van der Waals surface area contributed by atoms with Crippen molar-refractivity contribution in [3.05, 3.63) is 58.1 Å². The van der Waals surface area contributed by atoms with E-state index in [0.717, 1.165) is 80.2 Å². The summed E-state index contributed by atoms with van der Waals surface area (Å²) in [5, 5.41) is 0.788. The lowest BCUT2D eigenvalue weighted by atomic mass is 9.70. The average Bonchev–Trinajstić information content (AvgIpc) is 3.05. The summed E-state index contributed by atoms with van der Waals surface area (Å²) in [6.45, 7) is 4.57. The highest BCUT2D eigenvalue weighted by Crippen LogP contribution is 2.44. The van der Waals surface area contributed by atoms with Gasteiger partial charge in [0.1, 0.15) is 5.75 Å². The summed E-state index contributed by atoms with van der Waals surface area (Å²) in [4.78, 5) is 14.4. The number of hydrogen-bond donors (Lipinski definition) is 2. The highest BCUT2D eigenvalue weighted by molar-refractivity contribution is 7.80. The number of primary amides is 1. The minimum Gasteiger partial charge on any atom is -0.490 e. The fraction of sp³-hybridized carbons (Fsp3) is 0.567. The number of halogens is 1. The molecule has 3 atom stereocenters. The molecule has 0 saturated carbocycles. The Morgan fingerprint density at radius 3 is 2.78 bits per heavy atom. The van der Waals surface area contributed by atoms with Crippen LogP contribution in [-0.4, -0.2) is 44.6 Å². The van der Waals surface area contributed by atoms with Gasteiger partial charge in [0.15, 0.2) is 0 Å². The molecule has 1 heterocycles. The van der Waals surface area contributed by atoms with E-state index in [1.807, 2.05) is 18.2 Å². The van der Waals surface area contributed by atoms with Crippen molar-refractivity contribution < 1.29 is 14.3 Å². The minimum atomic E-state index is -0.414. The maximum atomic E-state index is 12.0. The zero-order chi connectivity index (χ0) is 26.4. The molecule has 5 nitrogen and oxygen atoms in total. The van der Waals surface area contributed by atoms with Crippen LogP contribution in [0.25, 0.3) is 0 Å². The summed E-state index contributed by atoms with van der Waals surface area (Å²) in [5.41, 5.74) is 9.69. The second-order valence-corrected chi connectivity index (χ2v) is 11.6. The third-order valence-electron chi connectivity index (χ3n) is 8.21. The molecule has 0 saturated heterocycles. The number of carbonyl (C=O) groups excluding carboxylic acids is 1. The van der Waals surface area contributed by atoms with E-state index in [9.17, 15) is 4.79 Å². The quantitative estimate of drug-likeness (QED) is 0.252.